The van der Waals surface area contributed by atoms with E-state index >= 15 is 0 Å². The Morgan fingerprint density at radius 3 is 2.71 bits per heavy atom. The van der Waals surface area contributed by atoms with Gasteiger partial charge >= 0.3 is 0 Å². The number of sulfone groups is 1. The summed E-state index contributed by atoms with van der Waals surface area (Å²) in [6.45, 7) is 1.90. The van der Waals surface area contributed by atoms with Crippen LogP contribution >= 0.6 is 27.3 Å². The van der Waals surface area contributed by atoms with Crippen LogP contribution in [0.25, 0.3) is 0 Å². The molecule has 1 saturated heterocycles. The molecule has 94 valence electrons. The molecule has 1 aromatic heterocycles. The van der Waals surface area contributed by atoms with Gasteiger partial charge in [-0.3, -0.25) is 4.79 Å². The summed E-state index contributed by atoms with van der Waals surface area (Å²) in [5, 5.41) is -0.818. The number of aryl methyl sites for hydroxylation is 1. The molecular formula is C11H13BrO3S2. The van der Waals surface area contributed by atoms with Gasteiger partial charge in [0.05, 0.1) is 10.6 Å². The van der Waals surface area contributed by atoms with Gasteiger partial charge in [0.1, 0.15) is 5.25 Å². The zero-order valence-electron chi connectivity index (χ0n) is 9.40. The summed E-state index contributed by atoms with van der Waals surface area (Å²) in [5.41, 5.74) is 0. The van der Waals surface area contributed by atoms with Crippen molar-refractivity contribution in [1.82, 2.24) is 0 Å². The van der Waals surface area contributed by atoms with Crippen LogP contribution in [0.3, 0.4) is 0 Å². The molecule has 0 radical (unpaired) electrons. The number of carbonyl (C=O) groups excluding carboxylic acids is 1. The summed E-state index contributed by atoms with van der Waals surface area (Å²) in [5.74, 6) is -0.0851. The smallest absolute Gasteiger partial charge is 0.190 e. The SMILES string of the molecule is Cc1sc(C(=O)C2CCCCS2(=O)=O)cc1Br. The predicted octanol–water partition coefficient (Wildman–Crippen LogP) is 2.97. The van der Waals surface area contributed by atoms with Crippen LogP contribution in [0.4, 0.5) is 0 Å². The first-order chi connectivity index (χ1) is 7.92. The van der Waals surface area contributed by atoms with Crippen molar-refractivity contribution in [1.29, 1.82) is 0 Å². The molecule has 0 aliphatic carbocycles. The molecule has 0 saturated carbocycles. The largest absolute Gasteiger partial charge is 0.292 e. The Labute approximate surface area is 113 Å². The first-order valence-corrected chi connectivity index (χ1v) is 8.76. The van der Waals surface area contributed by atoms with Crippen LogP contribution in [0.2, 0.25) is 0 Å². The van der Waals surface area contributed by atoms with Crippen molar-refractivity contribution < 1.29 is 13.2 Å². The van der Waals surface area contributed by atoms with Crippen molar-refractivity contribution in [2.75, 3.05) is 5.75 Å². The number of ketones is 1. The van der Waals surface area contributed by atoms with Crippen LogP contribution in [-0.2, 0) is 9.84 Å². The Morgan fingerprint density at radius 2 is 2.18 bits per heavy atom. The molecule has 6 heteroatoms. The fourth-order valence-electron chi connectivity index (χ4n) is 1.99. The van der Waals surface area contributed by atoms with Gasteiger partial charge in [-0.25, -0.2) is 8.42 Å². The standard InChI is InChI=1S/C11H13BrO3S2/c1-7-8(12)6-9(16-7)11(13)10-4-2-3-5-17(10,14)15/h6,10H,2-5H2,1H3. The molecule has 0 spiro atoms. The van der Waals surface area contributed by atoms with E-state index in [1.54, 1.807) is 6.07 Å². The van der Waals surface area contributed by atoms with Gasteiger partial charge in [-0.1, -0.05) is 6.42 Å². The average Bonchev–Trinajstić information content (AvgIpc) is 2.58. The molecule has 2 rings (SSSR count). The van der Waals surface area contributed by atoms with E-state index in [4.69, 9.17) is 0 Å². The second-order valence-electron chi connectivity index (χ2n) is 4.23. The number of rotatable bonds is 2. The number of hydrogen-bond donors (Lipinski definition) is 0. The molecule has 1 unspecified atom stereocenters. The lowest BCUT2D eigenvalue weighted by atomic mass is 10.1. The van der Waals surface area contributed by atoms with Gasteiger partial charge in [-0.2, -0.15) is 0 Å². The minimum absolute atomic E-state index is 0.148. The zero-order chi connectivity index (χ0) is 12.6. The van der Waals surface area contributed by atoms with E-state index in [9.17, 15) is 13.2 Å². The number of thiophene rings is 1. The van der Waals surface area contributed by atoms with Crippen molar-refractivity contribution in [3.63, 3.8) is 0 Å². The van der Waals surface area contributed by atoms with Gasteiger partial charge in [0.15, 0.2) is 15.6 Å². The van der Waals surface area contributed by atoms with Gasteiger partial charge in [0, 0.05) is 9.35 Å². The molecule has 1 aliphatic heterocycles. The summed E-state index contributed by atoms with van der Waals surface area (Å²) in [7, 11) is -3.23. The second-order valence-corrected chi connectivity index (χ2v) is 8.64. The van der Waals surface area contributed by atoms with Crippen LogP contribution < -0.4 is 0 Å². The highest BCUT2D eigenvalue weighted by molar-refractivity contribution is 9.10. The zero-order valence-corrected chi connectivity index (χ0v) is 12.6. The monoisotopic (exact) mass is 336 g/mol. The summed E-state index contributed by atoms with van der Waals surface area (Å²) in [4.78, 5) is 13.7. The third-order valence-electron chi connectivity index (χ3n) is 2.97. The third-order valence-corrected chi connectivity index (χ3v) is 7.30. The van der Waals surface area contributed by atoms with Gasteiger partial charge in [-0.15, -0.1) is 11.3 Å². The van der Waals surface area contributed by atoms with Gasteiger partial charge in [-0.05, 0) is 41.8 Å². The Kier molecular flexibility index (Phi) is 3.75. The highest BCUT2D eigenvalue weighted by Gasteiger charge is 2.35. The van der Waals surface area contributed by atoms with E-state index < -0.39 is 15.1 Å². The molecule has 0 aromatic carbocycles. The summed E-state index contributed by atoms with van der Waals surface area (Å²) >= 11 is 4.70. The van der Waals surface area contributed by atoms with Crippen LogP contribution in [0.15, 0.2) is 10.5 Å². The Hall–Kier alpha value is -0.200. The maximum absolute atomic E-state index is 12.2. The molecule has 1 atom stereocenters. The van der Waals surface area contributed by atoms with Crippen molar-refractivity contribution in [3.05, 3.63) is 20.3 Å². The molecule has 0 amide bonds. The molecule has 1 fully saturated rings. The maximum atomic E-state index is 12.2. The molecule has 3 nitrogen and oxygen atoms in total. The average molecular weight is 337 g/mol. The minimum atomic E-state index is -3.23. The molecule has 2 heterocycles. The Bertz CT molecular complexity index is 526. The lowest BCUT2D eigenvalue weighted by molar-refractivity contribution is 0.0985. The van der Waals surface area contributed by atoms with E-state index in [0.717, 1.165) is 15.8 Å². The van der Waals surface area contributed by atoms with Crippen molar-refractivity contribution in [3.8, 4) is 0 Å². The topological polar surface area (TPSA) is 51.2 Å². The summed E-state index contributed by atoms with van der Waals surface area (Å²) < 4.78 is 24.6. The molecule has 0 bridgehead atoms. The fraction of sp³-hybridized carbons (Fsp3) is 0.545. The summed E-state index contributed by atoms with van der Waals surface area (Å²) in [6.07, 6.45) is 1.97. The second kappa shape index (κ2) is 4.82. The van der Waals surface area contributed by atoms with Crippen LogP contribution in [0.1, 0.15) is 33.8 Å². The highest BCUT2D eigenvalue weighted by atomic mass is 79.9. The Balaban J connectivity index is 2.31. The highest BCUT2D eigenvalue weighted by Crippen LogP contribution is 2.30. The van der Waals surface area contributed by atoms with Crippen molar-refractivity contribution in [2.24, 2.45) is 0 Å². The number of hydrogen-bond acceptors (Lipinski definition) is 4. The van der Waals surface area contributed by atoms with E-state index in [2.05, 4.69) is 15.9 Å². The molecular weight excluding hydrogens is 324 g/mol. The van der Waals surface area contributed by atoms with Crippen LogP contribution in [0.5, 0.6) is 0 Å². The van der Waals surface area contributed by atoms with E-state index in [1.807, 2.05) is 6.92 Å². The summed E-state index contributed by atoms with van der Waals surface area (Å²) in [6, 6.07) is 1.73. The first-order valence-electron chi connectivity index (χ1n) is 5.43. The molecule has 0 N–H and O–H groups in total. The van der Waals surface area contributed by atoms with Gasteiger partial charge < -0.3 is 0 Å². The Morgan fingerprint density at radius 1 is 1.47 bits per heavy atom. The van der Waals surface area contributed by atoms with Gasteiger partial charge in [0.2, 0.25) is 0 Å². The van der Waals surface area contributed by atoms with Crippen LogP contribution in [-0.4, -0.2) is 25.2 Å². The lowest BCUT2D eigenvalue weighted by Gasteiger charge is -2.20. The van der Waals surface area contributed by atoms with E-state index in [0.29, 0.717) is 17.7 Å². The molecule has 17 heavy (non-hydrogen) atoms. The van der Waals surface area contributed by atoms with Gasteiger partial charge in [0.25, 0.3) is 0 Å². The fourth-order valence-corrected chi connectivity index (χ4v) is 5.46. The third kappa shape index (κ3) is 2.63. The van der Waals surface area contributed by atoms with E-state index in [-0.39, 0.29) is 11.5 Å². The van der Waals surface area contributed by atoms with Crippen molar-refractivity contribution in [2.45, 2.75) is 31.4 Å². The predicted molar refractivity (Wildman–Crippen MR) is 72.5 cm³/mol. The number of Topliss-reactive ketones (excluding diaryl/α,β-unsaturated/α-hetero) is 1. The van der Waals surface area contributed by atoms with Crippen molar-refractivity contribution >= 4 is 42.9 Å². The molecule has 1 aliphatic rings. The van der Waals surface area contributed by atoms with Crippen LogP contribution in [0, 0.1) is 6.92 Å². The maximum Gasteiger partial charge on any atom is 0.190 e. The quantitative estimate of drug-likeness (QED) is 0.780. The molecule has 1 aromatic rings. The first kappa shape index (κ1) is 13.2. The lowest BCUT2D eigenvalue weighted by Crippen LogP contribution is -2.35. The van der Waals surface area contributed by atoms with E-state index in [1.165, 1.54) is 11.3 Å². The number of halogens is 1. The number of carbonyl (C=O) groups is 1. The minimum Gasteiger partial charge on any atom is -0.292 e. The normalized spacial score (nSPS) is 23.5.